The van der Waals surface area contributed by atoms with E-state index in [-0.39, 0.29) is 25.2 Å². The Bertz CT molecular complexity index is 2050. The fourth-order valence-corrected chi connectivity index (χ4v) is 5.46. The van der Waals surface area contributed by atoms with Gasteiger partial charge in [0.1, 0.15) is 12.6 Å². The second-order valence-corrected chi connectivity index (χ2v) is 14.0. The number of hydrogen-bond acceptors (Lipinski definition) is 7. The second-order valence-electron chi connectivity index (χ2n) is 12.8. The van der Waals surface area contributed by atoms with Crippen LogP contribution in [0.3, 0.4) is 0 Å². The molecule has 308 valence electrons. The number of carboxylic acids is 1. The number of carbonyl (C=O) groups excluding carboxylic acids is 5. The number of rotatable bonds is 15. The number of nitrogens with one attached hydrogen (secondary N) is 5. The van der Waals surface area contributed by atoms with Gasteiger partial charge in [-0.05, 0) is 61.0 Å². The Morgan fingerprint density at radius 3 is 1.64 bits per heavy atom. The van der Waals surface area contributed by atoms with E-state index in [0.29, 0.717) is 5.69 Å². The molecule has 1 atom stereocenters. The van der Waals surface area contributed by atoms with E-state index in [2.05, 4.69) is 82.9 Å². The molecule has 0 fully saturated rings. The predicted octanol–water partition coefficient (Wildman–Crippen LogP) is 5.84. The Hall–Kier alpha value is -7.04. The number of thiophene rings is 1. The number of aryl methyl sites for hydroxylation is 3. The topological polar surface area (TPSA) is 183 Å². The minimum absolute atomic E-state index is 0.0799. The van der Waals surface area contributed by atoms with Gasteiger partial charge >= 0.3 is 5.97 Å². The van der Waals surface area contributed by atoms with Crippen LogP contribution in [0.4, 0.5) is 5.69 Å². The van der Waals surface area contributed by atoms with E-state index in [0.717, 1.165) is 22.3 Å². The minimum Gasteiger partial charge on any atom is -0.480 e. The van der Waals surface area contributed by atoms with Gasteiger partial charge in [0.15, 0.2) is 0 Å². The van der Waals surface area contributed by atoms with Crippen molar-refractivity contribution in [1.29, 1.82) is 0 Å². The molecule has 4 aromatic carbocycles. The fraction of sp³-hybridized carbons (Fsp3) is 0.217. The smallest absolute Gasteiger partial charge is 0.322 e. The second kappa shape index (κ2) is 27.5. The van der Waals surface area contributed by atoms with Crippen molar-refractivity contribution in [2.75, 3.05) is 25.0 Å². The average Bonchev–Trinajstić information content (AvgIpc) is 3.74. The summed E-state index contributed by atoms with van der Waals surface area (Å²) in [6.07, 6.45) is 7.85. The quantitative estimate of drug-likeness (QED) is 0.0718. The van der Waals surface area contributed by atoms with E-state index < -0.39 is 55.3 Å². The molecule has 0 saturated carbocycles. The van der Waals surface area contributed by atoms with E-state index in [1.807, 2.05) is 91.9 Å². The molecule has 5 amide bonds. The van der Waals surface area contributed by atoms with Crippen molar-refractivity contribution in [3.05, 3.63) is 148 Å². The maximum absolute atomic E-state index is 12.9. The molecule has 5 rings (SSSR count). The first kappa shape index (κ1) is 48.1. The van der Waals surface area contributed by atoms with Crippen LogP contribution in [0, 0.1) is 33.6 Å². The van der Waals surface area contributed by atoms with E-state index >= 15 is 0 Å². The molecule has 0 saturated heterocycles. The molecule has 0 aliphatic heterocycles. The zero-order valence-electron chi connectivity index (χ0n) is 33.4. The van der Waals surface area contributed by atoms with Gasteiger partial charge in [0.2, 0.25) is 29.5 Å². The standard InChI is InChI=1S/C32H35N5O7.C7H8.C5H6S.C2H2/c1-21-7-13-25(14-8-21)36-28(39)16-15-27(38)33-19-30(41)37-26(32(44)35-18-29(40)34-20-31(42)43)17-22-9-11-24(12-10-22)23-5-3-2-4-6-23;1-7-5-3-2-4-6-7;1-5-3-2-4-6-5;1-2/h2-14,26H,15-20H2,1H3,(H,33,38)(H,34,40)(H,35,44)(H,36,39)(H,37,41)(H,42,43);2-6H,1H3;2-4H,1H3;1-2H/t26-;;;/m1.../s1. The zero-order chi connectivity index (χ0) is 43.4. The largest absolute Gasteiger partial charge is 0.480 e. The lowest BCUT2D eigenvalue weighted by molar-refractivity contribution is -0.138. The van der Waals surface area contributed by atoms with Gasteiger partial charge in [0.05, 0.1) is 13.1 Å². The van der Waals surface area contributed by atoms with Gasteiger partial charge in [-0.3, -0.25) is 28.8 Å². The van der Waals surface area contributed by atoms with Crippen LogP contribution >= 0.6 is 11.3 Å². The molecule has 1 heterocycles. The third kappa shape index (κ3) is 21.2. The van der Waals surface area contributed by atoms with E-state index in [9.17, 15) is 28.8 Å². The van der Waals surface area contributed by atoms with Crippen molar-refractivity contribution in [3.63, 3.8) is 0 Å². The van der Waals surface area contributed by atoms with Crippen LogP contribution in [0.2, 0.25) is 0 Å². The third-order valence-electron chi connectivity index (χ3n) is 7.98. The number of terminal acetylenes is 1. The van der Waals surface area contributed by atoms with E-state index in [1.54, 1.807) is 23.5 Å². The lowest BCUT2D eigenvalue weighted by Gasteiger charge is -2.19. The van der Waals surface area contributed by atoms with Crippen molar-refractivity contribution < 1.29 is 33.9 Å². The summed E-state index contributed by atoms with van der Waals surface area (Å²) in [4.78, 5) is 74.0. The first-order valence-electron chi connectivity index (χ1n) is 18.6. The molecule has 13 heteroatoms. The molecule has 0 unspecified atom stereocenters. The SMILES string of the molecule is C#C.Cc1ccc(NC(=O)CCC(=O)NCC(=O)N[C@H](Cc2ccc(-c3ccccc3)cc2)C(=O)NCC(=O)NCC(=O)O)cc1.Cc1ccccc1.Cc1cccs1. The average molecular weight is 818 g/mol. The maximum atomic E-state index is 12.9. The minimum atomic E-state index is -1.23. The lowest BCUT2D eigenvalue weighted by atomic mass is 10.00. The fourth-order valence-electron chi connectivity index (χ4n) is 4.93. The summed E-state index contributed by atoms with van der Waals surface area (Å²) in [5.74, 6) is -4.14. The Kier molecular flexibility index (Phi) is 22.5. The summed E-state index contributed by atoms with van der Waals surface area (Å²) in [7, 11) is 0. The summed E-state index contributed by atoms with van der Waals surface area (Å²) in [6, 6.07) is 37.6. The number of aliphatic carboxylic acids is 1. The lowest BCUT2D eigenvalue weighted by Crippen LogP contribution is -2.52. The van der Waals surface area contributed by atoms with Gasteiger partial charge in [-0.25, -0.2) is 0 Å². The van der Waals surface area contributed by atoms with Crippen LogP contribution in [0.1, 0.15) is 34.4 Å². The van der Waals surface area contributed by atoms with Crippen LogP contribution in [0.15, 0.2) is 127 Å². The molecular weight excluding hydrogens is 767 g/mol. The highest BCUT2D eigenvalue weighted by Gasteiger charge is 2.22. The van der Waals surface area contributed by atoms with Gasteiger partial charge in [-0.15, -0.1) is 24.2 Å². The van der Waals surface area contributed by atoms with Crippen molar-refractivity contribution >= 4 is 52.5 Å². The van der Waals surface area contributed by atoms with Crippen molar-refractivity contribution in [2.24, 2.45) is 0 Å². The zero-order valence-corrected chi connectivity index (χ0v) is 34.2. The third-order valence-corrected chi connectivity index (χ3v) is 8.78. The number of benzene rings is 4. The normalized spacial score (nSPS) is 10.2. The molecule has 0 radical (unpaired) electrons. The van der Waals surface area contributed by atoms with Crippen molar-refractivity contribution in [2.45, 2.75) is 46.1 Å². The van der Waals surface area contributed by atoms with E-state index in [1.165, 1.54) is 10.4 Å². The van der Waals surface area contributed by atoms with Crippen LogP contribution in [-0.2, 0) is 35.2 Å². The van der Waals surface area contributed by atoms with Crippen LogP contribution < -0.4 is 26.6 Å². The number of hydrogen-bond donors (Lipinski definition) is 6. The van der Waals surface area contributed by atoms with Crippen molar-refractivity contribution in [3.8, 4) is 24.0 Å². The molecular formula is C46H51N5O7S. The van der Waals surface area contributed by atoms with Gasteiger partial charge in [-0.1, -0.05) is 114 Å². The number of amides is 5. The molecule has 59 heavy (non-hydrogen) atoms. The predicted molar refractivity (Wildman–Crippen MR) is 233 cm³/mol. The highest BCUT2D eigenvalue weighted by Crippen LogP contribution is 2.20. The van der Waals surface area contributed by atoms with E-state index in [4.69, 9.17) is 5.11 Å². The van der Waals surface area contributed by atoms with Crippen LogP contribution in [0.5, 0.6) is 0 Å². The summed E-state index contributed by atoms with van der Waals surface area (Å²) in [6.45, 7) is 4.58. The Morgan fingerprint density at radius 1 is 0.576 bits per heavy atom. The Morgan fingerprint density at radius 2 is 1.12 bits per heavy atom. The Labute approximate surface area is 349 Å². The number of carboxylic acid groups (broad SMARTS) is 1. The van der Waals surface area contributed by atoms with Crippen LogP contribution in [0.25, 0.3) is 11.1 Å². The first-order chi connectivity index (χ1) is 28.4. The molecule has 6 N–H and O–H groups in total. The van der Waals surface area contributed by atoms with Gasteiger partial charge in [0, 0.05) is 29.8 Å². The van der Waals surface area contributed by atoms with Gasteiger partial charge in [0.25, 0.3) is 0 Å². The molecule has 0 aliphatic rings. The summed E-state index contributed by atoms with van der Waals surface area (Å²) < 4.78 is 0. The number of carbonyl (C=O) groups is 6. The summed E-state index contributed by atoms with van der Waals surface area (Å²) in [5, 5.41) is 23.0. The van der Waals surface area contributed by atoms with Gasteiger partial charge in [-0.2, -0.15) is 0 Å². The number of anilines is 1. The molecule has 0 aliphatic carbocycles. The molecule has 0 spiro atoms. The maximum Gasteiger partial charge on any atom is 0.322 e. The highest BCUT2D eigenvalue weighted by atomic mass is 32.1. The summed E-state index contributed by atoms with van der Waals surface area (Å²) in [5.41, 5.74) is 5.68. The highest BCUT2D eigenvalue weighted by molar-refractivity contribution is 7.09. The van der Waals surface area contributed by atoms with Crippen LogP contribution in [-0.4, -0.2) is 66.3 Å². The molecule has 5 aromatic rings. The van der Waals surface area contributed by atoms with Crippen molar-refractivity contribution in [1.82, 2.24) is 21.3 Å². The van der Waals surface area contributed by atoms with Gasteiger partial charge < -0.3 is 31.7 Å². The Balaban J connectivity index is 0.000000666. The monoisotopic (exact) mass is 817 g/mol. The first-order valence-corrected chi connectivity index (χ1v) is 19.4. The summed E-state index contributed by atoms with van der Waals surface area (Å²) >= 11 is 1.78. The molecule has 0 bridgehead atoms. The molecule has 12 nitrogen and oxygen atoms in total. The molecule has 1 aromatic heterocycles.